The molecule has 3 N–H and O–H groups in total. The number of likely N-dealkylation sites (N-methyl/N-ethyl adjacent to an activating group) is 1. The number of aliphatic carboxylic acids is 1. The largest absolute Gasteiger partial charge is 0.477 e. The van der Waals surface area contributed by atoms with Crippen molar-refractivity contribution in [1.82, 2.24) is 15.1 Å². The third kappa shape index (κ3) is 2.56. The summed E-state index contributed by atoms with van der Waals surface area (Å²) in [5.74, 6) is -2.32. The Bertz CT molecular complexity index is 703. The molecule has 3 aliphatic heterocycles. The fourth-order valence-electron chi connectivity index (χ4n) is 4.57. The molecule has 8 nitrogen and oxygen atoms in total. The van der Waals surface area contributed by atoms with Gasteiger partial charge in [-0.05, 0) is 32.3 Å². The van der Waals surface area contributed by atoms with Gasteiger partial charge in [-0.1, -0.05) is 0 Å². The van der Waals surface area contributed by atoms with E-state index in [1.807, 2.05) is 0 Å². The minimum absolute atomic E-state index is 0.0648. The van der Waals surface area contributed by atoms with Gasteiger partial charge in [-0.3, -0.25) is 19.8 Å². The summed E-state index contributed by atoms with van der Waals surface area (Å²) < 4.78 is -0.906. The predicted molar refractivity (Wildman–Crippen MR) is 96.5 cm³/mol. The average molecular weight is 383 g/mol. The third-order valence-corrected chi connectivity index (χ3v) is 6.22. The Hall–Kier alpha value is -1.58. The summed E-state index contributed by atoms with van der Waals surface area (Å²) in [6.45, 7) is 3.31. The average Bonchev–Trinajstić information content (AvgIpc) is 3.05. The van der Waals surface area contributed by atoms with Crippen LogP contribution in [0.15, 0.2) is 11.3 Å². The second kappa shape index (κ2) is 6.24. The Morgan fingerprint density at radius 2 is 2.00 bits per heavy atom. The molecular weight excluding hydrogens is 358 g/mol. The van der Waals surface area contributed by atoms with Crippen LogP contribution in [-0.4, -0.2) is 80.9 Å². The van der Waals surface area contributed by atoms with Gasteiger partial charge in [0.1, 0.15) is 5.70 Å². The van der Waals surface area contributed by atoms with E-state index >= 15 is 0 Å². The van der Waals surface area contributed by atoms with Crippen LogP contribution in [0.25, 0.3) is 0 Å². The van der Waals surface area contributed by atoms with E-state index in [1.54, 1.807) is 21.0 Å². The standard InChI is InChI=1S/C17H25N3O5S/c1-7(21)10-13-17(2,26)11(12(16(24)25)20(13)15(10)23)8-5-6-9(18-8)14(22)19(3)4/h7-10,13,18,21,26H,5-6H2,1-4H3,(H,24,25). The van der Waals surface area contributed by atoms with E-state index in [9.17, 15) is 24.6 Å². The Morgan fingerprint density at radius 3 is 2.50 bits per heavy atom. The van der Waals surface area contributed by atoms with Crippen LogP contribution in [0.3, 0.4) is 0 Å². The molecule has 3 aliphatic rings. The maximum absolute atomic E-state index is 12.5. The fraction of sp³-hybridized carbons (Fsp3) is 0.706. The number of carbonyl (C=O) groups is 3. The van der Waals surface area contributed by atoms with E-state index in [0.29, 0.717) is 18.4 Å². The lowest BCUT2D eigenvalue weighted by molar-refractivity contribution is -0.162. The molecule has 0 aliphatic carbocycles. The third-order valence-electron chi connectivity index (χ3n) is 5.71. The maximum atomic E-state index is 12.5. The minimum atomic E-state index is -1.19. The van der Waals surface area contributed by atoms with Gasteiger partial charge in [0.2, 0.25) is 11.8 Å². The Labute approximate surface area is 157 Å². The smallest absolute Gasteiger partial charge is 0.352 e. The SMILES string of the molecule is CC(O)C1C(=O)N2C(C(=O)O)=C(C3CCC(C(=O)N(C)C)N3)C(C)(S)C12. The second-order valence-electron chi connectivity index (χ2n) is 7.72. The highest BCUT2D eigenvalue weighted by atomic mass is 32.1. The van der Waals surface area contributed by atoms with Crippen LogP contribution in [0.5, 0.6) is 0 Å². The normalized spacial score (nSPS) is 37.5. The summed E-state index contributed by atoms with van der Waals surface area (Å²) in [6, 6.07) is -1.26. The van der Waals surface area contributed by atoms with E-state index in [2.05, 4.69) is 5.32 Å². The molecule has 2 saturated heterocycles. The van der Waals surface area contributed by atoms with Crippen molar-refractivity contribution in [2.45, 2.75) is 55.7 Å². The number of carboxylic acid groups (broad SMARTS) is 1. The molecule has 0 aromatic rings. The van der Waals surface area contributed by atoms with Gasteiger partial charge in [-0.25, -0.2) is 4.79 Å². The molecule has 0 aromatic heterocycles. The van der Waals surface area contributed by atoms with Crippen molar-refractivity contribution in [3.05, 3.63) is 11.3 Å². The van der Waals surface area contributed by atoms with Crippen molar-refractivity contribution in [3.63, 3.8) is 0 Å². The summed E-state index contributed by atoms with van der Waals surface area (Å²) in [5, 5.41) is 22.9. The molecule has 6 atom stereocenters. The first-order valence-electron chi connectivity index (χ1n) is 8.68. The lowest BCUT2D eigenvalue weighted by Gasteiger charge is -2.49. The molecule has 0 aromatic carbocycles. The van der Waals surface area contributed by atoms with Gasteiger partial charge in [0.05, 0.1) is 28.9 Å². The number of amides is 2. The van der Waals surface area contributed by atoms with Crippen LogP contribution >= 0.6 is 12.6 Å². The molecule has 0 spiro atoms. The molecule has 2 amide bonds. The Balaban J connectivity index is 1.97. The number of thiol groups is 1. The number of carboxylic acids is 1. The number of aliphatic hydroxyl groups is 1. The first kappa shape index (κ1) is 19.2. The van der Waals surface area contributed by atoms with Gasteiger partial charge in [0.15, 0.2) is 0 Å². The van der Waals surface area contributed by atoms with Crippen molar-refractivity contribution in [3.8, 4) is 0 Å². The molecule has 0 radical (unpaired) electrons. The highest BCUT2D eigenvalue weighted by molar-refractivity contribution is 7.82. The van der Waals surface area contributed by atoms with E-state index in [0.717, 1.165) is 0 Å². The van der Waals surface area contributed by atoms with Crippen molar-refractivity contribution >= 4 is 30.4 Å². The van der Waals surface area contributed by atoms with E-state index in [1.165, 1.54) is 16.7 Å². The summed E-state index contributed by atoms with van der Waals surface area (Å²) in [7, 11) is 3.35. The fourth-order valence-corrected chi connectivity index (χ4v) is 5.11. The highest BCUT2D eigenvalue weighted by Gasteiger charge is 2.66. The van der Waals surface area contributed by atoms with Crippen LogP contribution in [0.4, 0.5) is 0 Å². The Morgan fingerprint density at radius 1 is 1.38 bits per heavy atom. The first-order chi connectivity index (χ1) is 12.0. The zero-order valence-corrected chi connectivity index (χ0v) is 16.2. The van der Waals surface area contributed by atoms with Crippen LogP contribution in [0, 0.1) is 5.92 Å². The molecule has 3 rings (SSSR count). The van der Waals surface area contributed by atoms with Gasteiger partial charge in [-0.2, -0.15) is 12.6 Å². The molecule has 2 fully saturated rings. The van der Waals surface area contributed by atoms with Crippen molar-refractivity contribution in [2.24, 2.45) is 5.92 Å². The summed E-state index contributed by atoms with van der Waals surface area (Å²) >= 11 is 4.73. The molecule has 0 saturated carbocycles. The van der Waals surface area contributed by atoms with Gasteiger partial charge in [-0.15, -0.1) is 0 Å². The lowest BCUT2D eigenvalue weighted by atomic mass is 9.76. The summed E-state index contributed by atoms with van der Waals surface area (Å²) in [4.78, 5) is 39.4. The predicted octanol–water partition coefficient (Wildman–Crippen LogP) is -0.556. The number of hydrogen-bond donors (Lipinski definition) is 4. The number of rotatable bonds is 4. The van der Waals surface area contributed by atoms with Gasteiger partial charge in [0, 0.05) is 20.1 Å². The molecule has 9 heteroatoms. The number of nitrogens with zero attached hydrogens (tertiary/aromatic N) is 2. The molecule has 26 heavy (non-hydrogen) atoms. The van der Waals surface area contributed by atoms with Crippen LogP contribution in [-0.2, 0) is 14.4 Å². The molecule has 144 valence electrons. The zero-order chi connectivity index (χ0) is 19.5. The second-order valence-corrected chi connectivity index (χ2v) is 8.65. The topological polar surface area (TPSA) is 110 Å². The summed E-state index contributed by atoms with van der Waals surface area (Å²) in [6.07, 6.45) is 0.283. The quantitative estimate of drug-likeness (QED) is 0.383. The monoisotopic (exact) mass is 383 g/mol. The number of nitrogens with one attached hydrogen (secondary N) is 1. The number of carbonyl (C=O) groups excluding carboxylic acids is 2. The minimum Gasteiger partial charge on any atom is -0.477 e. The van der Waals surface area contributed by atoms with E-state index < -0.39 is 40.7 Å². The summed E-state index contributed by atoms with van der Waals surface area (Å²) in [5.41, 5.74) is 0.453. The molecule has 3 heterocycles. The van der Waals surface area contributed by atoms with Crippen LogP contribution in [0.2, 0.25) is 0 Å². The zero-order valence-electron chi connectivity index (χ0n) is 15.3. The number of β-lactam (4-membered cyclic amide) rings is 1. The van der Waals surface area contributed by atoms with Crippen molar-refractivity contribution in [1.29, 1.82) is 0 Å². The van der Waals surface area contributed by atoms with Crippen molar-refractivity contribution < 1.29 is 24.6 Å². The number of aliphatic hydroxyl groups excluding tert-OH is 1. The van der Waals surface area contributed by atoms with Crippen LogP contribution < -0.4 is 5.32 Å². The maximum Gasteiger partial charge on any atom is 0.352 e. The molecule has 0 bridgehead atoms. The molecular formula is C17H25N3O5S. The van der Waals surface area contributed by atoms with Gasteiger partial charge < -0.3 is 15.1 Å². The number of fused-ring (bicyclic) bond motifs is 1. The van der Waals surface area contributed by atoms with Crippen LogP contribution in [0.1, 0.15) is 26.7 Å². The first-order valence-corrected chi connectivity index (χ1v) is 9.13. The van der Waals surface area contributed by atoms with E-state index in [4.69, 9.17) is 12.6 Å². The lowest BCUT2D eigenvalue weighted by Crippen LogP contribution is -2.67. The number of hydrogen-bond acceptors (Lipinski definition) is 6. The highest BCUT2D eigenvalue weighted by Crippen LogP contribution is 2.54. The Kier molecular flexibility index (Phi) is 4.61. The van der Waals surface area contributed by atoms with Gasteiger partial charge in [0.25, 0.3) is 0 Å². The van der Waals surface area contributed by atoms with Gasteiger partial charge >= 0.3 is 5.97 Å². The van der Waals surface area contributed by atoms with E-state index in [-0.39, 0.29) is 17.6 Å². The van der Waals surface area contributed by atoms with Crippen molar-refractivity contribution in [2.75, 3.05) is 14.1 Å². The molecule has 6 unspecified atom stereocenters.